The van der Waals surface area contributed by atoms with Crippen molar-refractivity contribution in [2.45, 2.75) is 12.8 Å². The van der Waals surface area contributed by atoms with E-state index in [9.17, 15) is 8.42 Å². The molecule has 1 aliphatic rings. The summed E-state index contributed by atoms with van der Waals surface area (Å²) in [6, 6.07) is 0. The van der Waals surface area contributed by atoms with Crippen molar-refractivity contribution in [1.29, 1.82) is 0 Å². The Hall–Kier alpha value is -1.12. The van der Waals surface area contributed by atoms with Gasteiger partial charge in [0.1, 0.15) is 0 Å². The Bertz CT molecular complexity index is 498. The van der Waals surface area contributed by atoms with Crippen molar-refractivity contribution in [2.24, 2.45) is 18.7 Å². The Balaban J connectivity index is 2.06. The molecule has 0 aromatic carbocycles. The van der Waals surface area contributed by atoms with Crippen molar-refractivity contribution in [3.63, 3.8) is 0 Å². The SMILES string of the molecule is Cn1cc(NS(=O)(=O)N2CCCC(CN)C2)cn1. The lowest BCUT2D eigenvalue weighted by Gasteiger charge is -2.31. The molecule has 1 atom stereocenters. The highest BCUT2D eigenvalue weighted by molar-refractivity contribution is 7.90. The van der Waals surface area contributed by atoms with E-state index in [4.69, 9.17) is 5.73 Å². The van der Waals surface area contributed by atoms with Crippen LogP contribution in [0, 0.1) is 5.92 Å². The first-order valence-electron chi connectivity index (χ1n) is 5.98. The molecule has 1 aromatic heterocycles. The maximum atomic E-state index is 12.2. The van der Waals surface area contributed by atoms with E-state index >= 15 is 0 Å². The average molecular weight is 273 g/mol. The standard InChI is InChI=1S/C10H19N5O2S/c1-14-8-10(6-12-14)13-18(16,17)15-4-2-3-9(5-11)7-15/h6,8-9,13H,2-5,7,11H2,1H3. The summed E-state index contributed by atoms with van der Waals surface area (Å²) in [6.07, 6.45) is 4.97. The van der Waals surface area contributed by atoms with E-state index in [0.717, 1.165) is 12.8 Å². The highest BCUT2D eigenvalue weighted by atomic mass is 32.2. The average Bonchev–Trinajstić information content (AvgIpc) is 2.74. The molecule has 3 N–H and O–H groups in total. The zero-order valence-electron chi connectivity index (χ0n) is 10.4. The number of rotatable bonds is 4. The molecule has 8 heteroatoms. The van der Waals surface area contributed by atoms with Gasteiger partial charge in [-0.25, -0.2) is 0 Å². The van der Waals surface area contributed by atoms with Crippen molar-refractivity contribution in [3.8, 4) is 0 Å². The minimum absolute atomic E-state index is 0.254. The van der Waals surface area contributed by atoms with E-state index in [1.165, 1.54) is 10.5 Å². The fraction of sp³-hybridized carbons (Fsp3) is 0.700. The summed E-state index contributed by atoms with van der Waals surface area (Å²) < 4.78 is 29.9. The van der Waals surface area contributed by atoms with E-state index in [1.807, 2.05) is 0 Å². The number of anilines is 1. The highest BCUT2D eigenvalue weighted by Crippen LogP contribution is 2.19. The minimum Gasteiger partial charge on any atom is -0.330 e. The van der Waals surface area contributed by atoms with Crippen LogP contribution in [-0.4, -0.2) is 42.1 Å². The third kappa shape index (κ3) is 3.01. The molecule has 102 valence electrons. The molecule has 0 radical (unpaired) electrons. The Morgan fingerprint density at radius 3 is 3.00 bits per heavy atom. The molecular formula is C10H19N5O2S. The normalized spacial score (nSPS) is 22.0. The molecule has 0 saturated carbocycles. The maximum Gasteiger partial charge on any atom is 0.301 e. The van der Waals surface area contributed by atoms with Crippen molar-refractivity contribution in [3.05, 3.63) is 12.4 Å². The van der Waals surface area contributed by atoms with Gasteiger partial charge in [0.25, 0.3) is 0 Å². The Morgan fingerprint density at radius 2 is 2.39 bits per heavy atom. The lowest BCUT2D eigenvalue weighted by Crippen LogP contribution is -2.44. The number of piperidine rings is 1. The smallest absolute Gasteiger partial charge is 0.301 e. The highest BCUT2D eigenvalue weighted by Gasteiger charge is 2.28. The summed E-state index contributed by atoms with van der Waals surface area (Å²) in [5.41, 5.74) is 6.09. The van der Waals surface area contributed by atoms with Crippen molar-refractivity contribution >= 4 is 15.9 Å². The van der Waals surface area contributed by atoms with E-state index in [0.29, 0.717) is 25.3 Å². The van der Waals surface area contributed by atoms with E-state index in [-0.39, 0.29) is 5.92 Å². The van der Waals surface area contributed by atoms with Crippen LogP contribution in [0.3, 0.4) is 0 Å². The molecule has 1 unspecified atom stereocenters. The molecule has 0 amide bonds. The largest absolute Gasteiger partial charge is 0.330 e. The summed E-state index contributed by atoms with van der Waals surface area (Å²) in [5.74, 6) is 0.254. The summed E-state index contributed by atoms with van der Waals surface area (Å²) in [5, 5.41) is 3.93. The van der Waals surface area contributed by atoms with Crippen LogP contribution >= 0.6 is 0 Å². The lowest BCUT2D eigenvalue weighted by molar-refractivity contribution is 0.273. The number of nitrogens with one attached hydrogen (secondary N) is 1. The van der Waals surface area contributed by atoms with Crippen LogP contribution in [0.5, 0.6) is 0 Å². The molecule has 0 aliphatic carbocycles. The zero-order valence-corrected chi connectivity index (χ0v) is 11.2. The summed E-state index contributed by atoms with van der Waals surface area (Å²) >= 11 is 0. The van der Waals surface area contributed by atoms with Crippen molar-refractivity contribution in [1.82, 2.24) is 14.1 Å². The first kappa shape index (κ1) is 13.3. The second-order valence-electron chi connectivity index (χ2n) is 4.61. The van der Waals surface area contributed by atoms with E-state index in [2.05, 4.69) is 9.82 Å². The fourth-order valence-electron chi connectivity index (χ4n) is 2.12. The first-order valence-corrected chi connectivity index (χ1v) is 7.42. The van der Waals surface area contributed by atoms with Gasteiger partial charge < -0.3 is 5.73 Å². The van der Waals surface area contributed by atoms with Gasteiger partial charge in [-0.05, 0) is 25.3 Å². The summed E-state index contributed by atoms with van der Waals surface area (Å²) in [4.78, 5) is 0. The minimum atomic E-state index is -3.49. The first-order chi connectivity index (χ1) is 8.51. The molecular weight excluding hydrogens is 254 g/mol. The zero-order chi connectivity index (χ0) is 13.2. The molecule has 7 nitrogen and oxygen atoms in total. The van der Waals surface area contributed by atoms with Gasteiger partial charge in [0.2, 0.25) is 0 Å². The fourth-order valence-corrected chi connectivity index (χ4v) is 3.43. The monoisotopic (exact) mass is 273 g/mol. The molecule has 1 aliphatic heterocycles. The van der Waals surface area contributed by atoms with Gasteiger partial charge in [-0.15, -0.1) is 0 Å². The third-order valence-corrected chi connectivity index (χ3v) is 4.61. The lowest BCUT2D eigenvalue weighted by atomic mass is 10.0. The quantitative estimate of drug-likeness (QED) is 0.791. The van der Waals surface area contributed by atoms with Crippen molar-refractivity contribution < 1.29 is 8.42 Å². The molecule has 0 spiro atoms. The third-order valence-electron chi connectivity index (χ3n) is 3.11. The second kappa shape index (κ2) is 5.25. The number of nitrogens with two attached hydrogens (primary N) is 1. The van der Waals surface area contributed by atoms with Gasteiger partial charge in [0.05, 0.1) is 11.9 Å². The summed E-state index contributed by atoms with van der Waals surface area (Å²) in [6.45, 7) is 1.57. The Kier molecular flexibility index (Phi) is 3.88. The molecule has 0 bridgehead atoms. The van der Waals surface area contributed by atoms with Crippen molar-refractivity contribution in [2.75, 3.05) is 24.4 Å². The number of hydrogen-bond donors (Lipinski definition) is 2. The summed E-state index contributed by atoms with van der Waals surface area (Å²) in [7, 11) is -1.75. The van der Waals surface area contributed by atoms with Gasteiger partial charge in [0.15, 0.2) is 0 Å². The second-order valence-corrected chi connectivity index (χ2v) is 6.28. The van der Waals surface area contributed by atoms with Crippen LogP contribution in [-0.2, 0) is 17.3 Å². The topological polar surface area (TPSA) is 93.2 Å². The van der Waals surface area contributed by atoms with Crippen LogP contribution in [0.1, 0.15) is 12.8 Å². The molecule has 2 heterocycles. The molecule has 2 rings (SSSR count). The Morgan fingerprint density at radius 1 is 1.61 bits per heavy atom. The molecule has 18 heavy (non-hydrogen) atoms. The number of nitrogens with zero attached hydrogens (tertiary/aromatic N) is 3. The van der Waals surface area contributed by atoms with Gasteiger partial charge >= 0.3 is 10.2 Å². The van der Waals surface area contributed by atoms with E-state index < -0.39 is 10.2 Å². The predicted octanol–water partition coefficient (Wildman–Crippen LogP) is -0.252. The van der Waals surface area contributed by atoms with Gasteiger partial charge in [-0.2, -0.15) is 17.8 Å². The number of aromatic nitrogens is 2. The predicted molar refractivity (Wildman–Crippen MR) is 69.1 cm³/mol. The van der Waals surface area contributed by atoms with Crippen LogP contribution in [0.4, 0.5) is 5.69 Å². The molecule has 1 fully saturated rings. The van der Waals surface area contributed by atoms with Crippen LogP contribution in [0.25, 0.3) is 0 Å². The molecule has 1 aromatic rings. The number of hydrogen-bond acceptors (Lipinski definition) is 4. The van der Waals surface area contributed by atoms with Gasteiger partial charge in [0, 0.05) is 26.3 Å². The van der Waals surface area contributed by atoms with Crippen LogP contribution < -0.4 is 10.5 Å². The van der Waals surface area contributed by atoms with E-state index in [1.54, 1.807) is 17.9 Å². The van der Waals surface area contributed by atoms with Gasteiger partial charge in [-0.3, -0.25) is 9.40 Å². The molecule has 1 saturated heterocycles. The Labute approximate surface area is 107 Å². The maximum absolute atomic E-state index is 12.2. The van der Waals surface area contributed by atoms with Crippen LogP contribution in [0.2, 0.25) is 0 Å². The van der Waals surface area contributed by atoms with Gasteiger partial charge in [-0.1, -0.05) is 0 Å². The number of aryl methyl sites for hydroxylation is 1. The van der Waals surface area contributed by atoms with Crippen LogP contribution in [0.15, 0.2) is 12.4 Å².